The Hall–Kier alpha value is -0.723. The van der Waals surface area contributed by atoms with E-state index < -0.39 is 56.1 Å². The van der Waals surface area contributed by atoms with Gasteiger partial charge < -0.3 is 9.16 Å². The Bertz CT molecular complexity index is 1150. The molecule has 1 unspecified atom stereocenters. The third-order valence-corrected chi connectivity index (χ3v) is 14.5. The molecule has 0 amide bonds. The van der Waals surface area contributed by atoms with Crippen LogP contribution in [0.5, 0.6) is 0 Å². The summed E-state index contributed by atoms with van der Waals surface area (Å²) in [5.74, 6) is 0.296. The number of allylic oxidation sites excluding steroid dienone is 1. The summed E-state index contributed by atoms with van der Waals surface area (Å²) in [5, 5.41) is -0.0715. The largest absolute Gasteiger partial charge is 0.522 e. The lowest BCUT2D eigenvalue weighted by Crippen LogP contribution is -2.44. The predicted octanol–water partition coefficient (Wildman–Crippen LogP) is 5.40. The zero-order valence-electron chi connectivity index (χ0n) is 23.2. The first-order valence-electron chi connectivity index (χ1n) is 12.9. The molecule has 2 fully saturated rings. The first-order chi connectivity index (χ1) is 17.4. The fourth-order valence-electron chi connectivity index (χ4n) is 4.40. The van der Waals surface area contributed by atoms with E-state index in [1.165, 1.54) is 6.20 Å². The van der Waals surface area contributed by atoms with Gasteiger partial charge in [-0.05, 0) is 57.2 Å². The predicted molar refractivity (Wildman–Crippen MR) is 157 cm³/mol. The Morgan fingerprint density at radius 1 is 1.39 bits per heavy atom. The summed E-state index contributed by atoms with van der Waals surface area (Å²) >= 11 is 10.4. The van der Waals surface area contributed by atoms with Crippen LogP contribution in [0, 0.1) is 5.92 Å². The van der Waals surface area contributed by atoms with Gasteiger partial charge in [-0.25, -0.2) is 9.18 Å². The van der Waals surface area contributed by atoms with Crippen molar-refractivity contribution in [2.75, 3.05) is 6.61 Å². The fourth-order valence-corrected chi connectivity index (χ4v) is 7.42. The standard InChI is InChI=1S/C25H40FN2O6PS2Si/c1-15(2)16-9-11-25(6,36)18(13-16)33-35(37)34-21-17(14-31-38(7,8)24(3,4)5)32-22(20(21)26)28-12-10-19(29)27-23(28)30/h10,12,16-18,20-22H,1,9,11,13-14H2,2-8H3,(H-,27,29,30,36)/p+1/t16-,17+,18+,20+,21+,22+,25+/m0/s1. The molecule has 3 rings (SSSR count). The highest BCUT2D eigenvalue weighted by molar-refractivity contribution is 8.00. The molecule has 1 aromatic rings. The van der Waals surface area contributed by atoms with E-state index in [0.29, 0.717) is 12.3 Å². The zero-order valence-corrected chi connectivity index (χ0v) is 26.8. The smallest absolute Gasteiger partial charge is 0.414 e. The summed E-state index contributed by atoms with van der Waals surface area (Å²) in [6.45, 7) is 18.7. The molecule has 1 saturated heterocycles. The number of ether oxygens (including phenoxy) is 1. The molecule has 0 radical (unpaired) electrons. The molecule has 1 aliphatic carbocycles. The molecule has 0 spiro atoms. The maximum atomic E-state index is 15.9. The number of nitrogens with zero attached hydrogens (tertiary/aromatic N) is 1. The minimum Gasteiger partial charge on any atom is -0.414 e. The molecule has 0 bridgehead atoms. The van der Waals surface area contributed by atoms with Gasteiger partial charge in [0.25, 0.3) is 5.56 Å². The van der Waals surface area contributed by atoms with Crippen molar-refractivity contribution in [2.24, 2.45) is 5.92 Å². The van der Waals surface area contributed by atoms with E-state index in [9.17, 15) is 9.59 Å². The maximum Gasteiger partial charge on any atom is 0.522 e. The molecule has 1 aliphatic heterocycles. The summed E-state index contributed by atoms with van der Waals surface area (Å²) in [6, 6.07) is 1.14. The third kappa shape index (κ3) is 7.31. The number of H-pyrrole nitrogens is 1. The summed E-state index contributed by atoms with van der Waals surface area (Å²) in [4.78, 5) is 26.1. The van der Waals surface area contributed by atoms with Crippen LogP contribution in [0.3, 0.4) is 0 Å². The van der Waals surface area contributed by atoms with Crippen molar-refractivity contribution in [3.05, 3.63) is 45.3 Å². The van der Waals surface area contributed by atoms with Gasteiger partial charge in [0.1, 0.15) is 12.2 Å². The van der Waals surface area contributed by atoms with Crippen molar-refractivity contribution >= 4 is 39.9 Å². The zero-order chi connectivity index (χ0) is 28.6. The number of nitrogens with one attached hydrogen (secondary N) is 1. The van der Waals surface area contributed by atoms with Crippen LogP contribution in [0.4, 0.5) is 4.39 Å². The molecule has 8 atom stereocenters. The second-order valence-electron chi connectivity index (χ2n) is 12.2. The minimum absolute atomic E-state index is 0.0696. The minimum atomic E-state index is -2.20. The van der Waals surface area contributed by atoms with Crippen LogP contribution in [-0.4, -0.2) is 53.7 Å². The molecule has 214 valence electrons. The van der Waals surface area contributed by atoms with Crippen LogP contribution < -0.4 is 11.2 Å². The molecule has 0 aromatic carbocycles. The van der Waals surface area contributed by atoms with Gasteiger partial charge in [-0.2, -0.15) is 12.6 Å². The van der Waals surface area contributed by atoms with Crippen molar-refractivity contribution in [1.29, 1.82) is 0 Å². The maximum absolute atomic E-state index is 15.9. The lowest BCUT2D eigenvalue weighted by atomic mass is 9.77. The summed E-state index contributed by atoms with van der Waals surface area (Å²) < 4.78 is 41.1. The van der Waals surface area contributed by atoms with Crippen molar-refractivity contribution in [3.63, 3.8) is 0 Å². The van der Waals surface area contributed by atoms with Crippen LogP contribution >= 0.6 is 19.8 Å². The van der Waals surface area contributed by atoms with E-state index in [4.69, 9.17) is 42.6 Å². The molecule has 1 aromatic heterocycles. The average Bonchev–Trinajstić information content (AvgIpc) is 3.08. The van der Waals surface area contributed by atoms with Gasteiger partial charge in [0.15, 0.2) is 26.8 Å². The van der Waals surface area contributed by atoms with Gasteiger partial charge in [-0.1, -0.05) is 32.9 Å². The number of halogens is 1. The monoisotopic (exact) mass is 607 g/mol. The van der Waals surface area contributed by atoms with Gasteiger partial charge in [0.05, 0.1) is 6.61 Å². The summed E-state index contributed by atoms with van der Waals surface area (Å²) in [5.41, 5.74) is -0.268. The van der Waals surface area contributed by atoms with Crippen LogP contribution in [0.1, 0.15) is 60.1 Å². The van der Waals surface area contributed by atoms with Gasteiger partial charge >= 0.3 is 12.8 Å². The normalized spacial score (nSPS) is 32.8. The molecule has 8 nitrogen and oxygen atoms in total. The molecular formula is C25H41FN2O6PS2Si+. The number of aromatic nitrogens is 2. The van der Waals surface area contributed by atoms with Gasteiger partial charge in [0.2, 0.25) is 11.8 Å². The van der Waals surface area contributed by atoms with Crippen LogP contribution in [0.2, 0.25) is 18.1 Å². The van der Waals surface area contributed by atoms with E-state index in [0.717, 1.165) is 29.0 Å². The van der Waals surface area contributed by atoms with E-state index in [1.54, 1.807) is 0 Å². The lowest BCUT2D eigenvalue weighted by Gasteiger charge is -2.38. The highest BCUT2D eigenvalue weighted by atomic mass is 32.4. The van der Waals surface area contributed by atoms with Crippen molar-refractivity contribution in [1.82, 2.24) is 9.55 Å². The lowest BCUT2D eigenvalue weighted by molar-refractivity contribution is -0.0449. The Morgan fingerprint density at radius 3 is 2.63 bits per heavy atom. The van der Waals surface area contributed by atoms with Crippen LogP contribution in [0.15, 0.2) is 34.0 Å². The number of aromatic amines is 1. The first kappa shape index (κ1) is 31.8. The molecule has 2 aliphatic rings. The second kappa shape index (κ2) is 12.0. The van der Waals surface area contributed by atoms with Crippen LogP contribution in [-0.2, 0) is 30.0 Å². The molecule has 1 saturated carbocycles. The van der Waals surface area contributed by atoms with Gasteiger partial charge in [0, 0.05) is 17.0 Å². The quantitative estimate of drug-likeness (QED) is 0.168. The molecular weight excluding hydrogens is 566 g/mol. The molecule has 2 heterocycles. The highest BCUT2D eigenvalue weighted by Crippen LogP contribution is 2.47. The van der Waals surface area contributed by atoms with Crippen molar-refractivity contribution < 1.29 is 22.6 Å². The number of hydrogen-bond donors (Lipinski definition) is 2. The van der Waals surface area contributed by atoms with Crippen molar-refractivity contribution in [2.45, 2.75) is 107 Å². The summed E-state index contributed by atoms with van der Waals surface area (Å²) in [6.07, 6.45) is -1.59. The first-order valence-corrected chi connectivity index (χ1v) is 18.4. The summed E-state index contributed by atoms with van der Waals surface area (Å²) in [7, 11) is -4.13. The average molecular weight is 608 g/mol. The second-order valence-corrected chi connectivity index (χ2v) is 19.8. The molecule has 1 N–H and O–H groups in total. The molecule has 13 heteroatoms. The number of hydrogen-bond acceptors (Lipinski definition) is 8. The van der Waals surface area contributed by atoms with E-state index >= 15 is 4.39 Å². The highest BCUT2D eigenvalue weighted by Gasteiger charge is 2.53. The Kier molecular flexibility index (Phi) is 10.1. The van der Waals surface area contributed by atoms with E-state index in [2.05, 4.69) is 45.4 Å². The van der Waals surface area contributed by atoms with Crippen LogP contribution in [0.25, 0.3) is 0 Å². The van der Waals surface area contributed by atoms with E-state index in [1.807, 2.05) is 13.8 Å². The number of rotatable bonds is 9. The van der Waals surface area contributed by atoms with E-state index in [-0.39, 0.29) is 17.7 Å². The fraction of sp³-hybridized carbons (Fsp3) is 0.760. The topological polar surface area (TPSA) is 91.8 Å². The van der Waals surface area contributed by atoms with Gasteiger partial charge in [-0.3, -0.25) is 14.3 Å². The third-order valence-electron chi connectivity index (χ3n) is 8.12. The van der Waals surface area contributed by atoms with Crippen molar-refractivity contribution in [3.8, 4) is 0 Å². The number of thiol groups is 1. The Morgan fingerprint density at radius 2 is 2.05 bits per heavy atom. The molecule has 38 heavy (non-hydrogen) atoms. The Labute approximate surface area is 236 Å². The Balaban J connectivity index is 1.81. The number of alkyl halides is 1. The SMILES string of the molecule is C=C(C)[C@H]1CC[C@@](C)(S)[C@H](O[P+](=S)O[C@H]2[C@@H](F)[C@H](n3ccc(=O)[nH]c3=O)O[C@@H]2CO[Si](C)(C)C(C)(C)C)C1. The van der Waals surface area contributed by atoms with Gasteiger partial charge in [-0.15, -0.1) is 9.05 Å².